The summed E-state index contributed by atoms with van der Waals surface area (Å²) in [6, 6.07) is 4.68. The summed E-state index contributed by atoms with van der Waals surface area (Å²) in [5.41, 5.74) is 3.24. The van der Waals surface area contributed by atoms with Gasteiger partial charge < -0.3 is 4.74 Å². The van der Waals surface area contributed by atoms with Crippen molar-refractivity contribution in [3.8, 4) is 5.75 Å². The summed E-state index contributed by atoms with van der Waals surface area (Å²) in [7, 11) is 1.55. The second-order valence-electron chi connectivity index (χ2n) is 4.60. The molecule has 0 aliphatic heterocycles. The lowest BCUT2D eigenvalue weighted by Crippen LogP contribution is -2.29. The lowest BCUT2D eigenvalue weighted by Gasteiger charge is -2.19. The highest BCUT2D eigenvalue weighted by Crippen LogP contribution is 2.37. The van der Waals surface area contributed by atoms with Crippen LogP contribution in [0.25, 0.3) is 0 Å². The molecule has 3 nitrogen and oxygen atoms in total. The third kappa shape index (κ3) is 2.96. The van der Waals surface area contributed by atoms with Gasteiger partial charge in [0.2, 0.25) is 0 Å². The van der Waals surface area contributed by atoms with Crippen LogP contribution < -0.4 is 16.0 Å². The Morgan fingerprint density at radius 3 is 2.88 bits per heavy atom. The van der Waals surface area contributed by atoms with E-state index in [0.29, 0.717) is 11.3 Å². The predicted molar refractivity (Wildman–Crippen MR) is 65.0 cm³/mol. The summed E-state index contributed by atoms with van der Waals surface area (Å²) in [5, 5.41) is 0. The van der Waals surface area contributed by atoms with Crippen molar-refractivity contribution in [1.82, 2.24) is 5.43 Å². The van der Waals surface area contributed by atoms with E-state index >= 15 is 0 Å². The zero-order valence-corrected chi connectivity index (χ0v) is 10.1. The number of nitrogens with one attached hydrogen (secondary N) is 1. The van der Waals surface area contributed by atoms with Crippen LogP contribution in [0.2, 0.25) is 0 Å². The molecule has 1 aromatic rings. The van der Waals surface area contributed by atoms with Gasteiger partial charge in [-0.25, -0.2) is 4.39 Å². The molecule has 1 atom stereocenters. The van der Waals surface area contributed by atoms with Crippen molar-refractivity contribution in [2.75, 3.05) is 7.11 Å². The van der Waals surface area contributed by atoms with Crippen LogP contribution in [0.5, 0.6) is 5.75 Å². The molecule has 17 heavy (non-hydrogen) atoms. The number of hydrogen-bond acceptors (Lipinski definition) is 3. The second-order valence-corrected chi connectivity index (χ2v) is 4.60. The highest BCUT2D eigenvalue weighted by atomic mass is 19.1. The summed E-state index contributed by atoms with van der Waals surface area (Å²) in [5.74, 6) is 6.64. The molecule has 0 amide bonds. The zero-order chi connectivity index (χ0) is 12.3. The van der Waals surface area contributed by atoms with Crippen molar-refractivity contribution in [1.29, 1.82) is 0 Å². The van der Waals surface area contributed by atoms with E-state index in [1.54, 1.807) is 19.2 Å². The molecular weight excluding hydrogens is 219 g/mol. The Kier molecular flexibility index (Phi) is 3.97. The van der Waals surface area contributed by atoms with E-state index in [1.165, 1.54) is 18.9 Å². The molecule has 1 unspecified atom stereocenters. The van der Waals surface area contributed by atoms with E-state index in [1.807, 2.05) is 0 Å². The molecule has 1 aliphatic carbocycles. The maximum atomic E-state index is 13.8. The van der Waals surface area contributed by atoms with Gasteiger partial charge in [0, 0.05) is 5.56 Å². The lowest BCUT2D eigenvalue weighted by molar-refractivity contribution is 0.382. The van der Waals surface area contributed by atoms with Gasteiger partial charge in [0.05, 0.1) is 13.2 Å². The zero-order valence-electron chi connectivity index (χ0n) is 10.1. The maximum Gasteiger partial charge on any atom is 0.131 e. The monoisotopic (exact) mass is 238 g/mol. The number of halogens is 1. The first kappa shape index (κ1) is 12.3. The summed E-state index contributed by atoms with van der Waals surface area (Å²) >= 11 is 0. The molecule has 0 bridgehead atoms. The topological polar surface area (TPSA) is 47.3 Å². The Hall–Kier alpha value is -1.13. The summed E-state index contributed by atoms with van der Waals surface area (Å²) < 4.78 is 19.0. The van der Waals surface area contributed by atoms with Crippen molar-refractivity contribution in [3.63, 3.8) is 0 Å². The number of methoxy groups -OCH3 is 1. The van der Waals surface area contributed by atoms with Gasteiger partial charge in [0.25, 0.3) is 0 Å². The minimum atomic E-state index is -0.261. The first-order valence-electron chi connectivity index (χ1n) is 6.04. The van der Waals surface area contributed by atoms with E-state index in [4.69, 9.17) is 10.6 Å². The van der Waals surface area contributed by atoms with Gasteiger partial charge in [-0.05, 0) is 30.9 Å². The minimum absolute atomic E-state index is 0.174. The van der Waals surface area contributed by atoms with Crippen molar-refractivity contribution in [2.24, 2.45) is 11.8 Å². The Bertz CT molecular complexity index is 380. The number of hydrazine groups is 1. The van der Waals surface area contributed by atoms with Crippen LogP contribution in [-0.4, -0.2) is 7.11 Å². The van der Waals surface area contributed by atoms with Crippen molar-refractivity contribution in [3.05, 3.63) is 29.6 Å². The van der Waals surface area contributed by atoms with Crippen LogP contribution in [0.1, 0.15) is 37.3 Å². The van der Waals surface area contributed by atoms with E-state index in [0.717, 1.165) is 18.8 Å². The van der Waals surface area contributed by atoms with Crippen LogP contribution in [0.4, 0.5) is 4.39 Å². The first-order chi connectivity index (χ1) is 8.26. The third-order valence-corrected chi connectivity index (χ3v) is 3.34. The number of benzene rings is 1. The van der Waals surface area contributed by atoms with Crippen LogP contribution in [-0.2, 0) is 0 Å². The summed E-state index contributed by atoms with van der Waals surface area (Å²) in [6.45, 7) is 0. The van der Waals surface area contributed by atoms with Gasteiger partial charge in [-0.3, -0.25) is 11.3 Å². The first-order valence-corrected chi connectivity index (χ1v) is 6.04. The minimum Gasteiger partial charge on any atom is -0.496 e. The molecular formula is C13H19FN2O. The summed E-state index contributed by atoms with van der Waals surface area (Å²) in [6.07, 6.45) is 4.53. The molecule has 3 N–H and O–H groups in total. The van der Waals surface area contributed by atoms with Gasteiger partial charge in [-0.1, -0.05) is 18.9 Å². The van der Waals surface area contributed by atoms with Gasteiger partial charge in [0.15, 0.2) is 0 Å². The molecule has 2 rings (SSSR count). The molecule has 1 aromatic carbocycles. The average molecular weight is 238 g/mol. The highest BCUT2D eigenvalue weighted by molar-refractivity contribution is 5.37. The van der Waals surface area contributed by atoms with E-state index < -0.39 is 0 Å². The van der Waals surface area contributed by atoms with Gasteiger partial charge in [-0.2, -0.15) is 0 Å². The van der Waals surface area contributed by atoms with Crippen LogP contribution in [0.3, 0.4) is 0 Å². The fourth-order valence-electron chi connectivity index (χ4n) is 2.15. The van der Waals surface area contributed by atoms with Crippen molar-refractivity contribution < 1.29 is 9.13 Å². The molecule has 94 valence electrons. The van der Waals surface area contributed by atoms with Crippen molar-refractivity contribution >= 4 is 0 Å². The van der Waals surface area contributed by atoms with Gasteiger partial charge in [0.1, 0.15) is 11.6 Å². The molecule has 0 radical (unpaired) electrons. The average Bonchev–Trinajstić information content (AvgIpc) is 3.15. The van der Waals surface area contributed by atoms with Crippen LogP contribution >= 0.6 is 0 Å². The molecule has 1 fully saturated rings. The standard InChI is InChI=1S/C13H19FN2O/c1-17-12-4-2-3-10(14)13(12)11(16-15)8-7-9-5-6-9/h2-4,9,11,16H,5-8,15H2,1H3. The number of rotatable bonds is 6. The molecule has 0 heterocycles. The predicted octanol–water partition coefficient (Wildman–Crippen LogP) is 2.53. The Morgan fingerprint density at radius 2 is 2.29 bits per heavy atom. The second kappa shape index (κ2) is 5.47. The van der Waals surface area contributed by atoms with Crippen LogP contribution in [0, 0.1) is 11.7 Å². The smallest absolute Gasteiger partial charge is 0.131 e. The largest absolute Gasteiger partial charge is 0.496 e. The summed E-state index contributed by atoms with van der Waals surface area (Å²) in [4.78, 5) is 0. The fourth-order valence-corrected chi connectivity index (χ4v) is 2.15. The van der Waals surface area contributed by atoms with E-state index in [2.05, 4.69) is 5.43 Å². The third-order valence-electron chi connectivity index (χ3n) is 3.34. The van der Waals surface area contributed by atoms with E-state index in [9.17, 15) is 4.39 Å². The Balaban J connectivity index is 2.15. The van der Waals surface area contributed by atoms with Gasteiger partial charge in [-0.15, -0.1) is 0 Å². The van der Waals surface area contributed by atoms with Crippen LogP contribution in [0.15, 0.2) is 18.2 Å². The fraction of sp³-hybridized carbons (Fsp3) is 0.538. The highest BCUT2D eigenvalue weighted by Gasteiger charge is 2.25. The SMILES string of the molecule is COc1cccc(F)c1C(CCC1CC1)NN. The normalized spacial score (nSPS) is 16.9. The molecule has 1 saturated carbocycles. The maximum absolute atomic E-state index is 13.8. The lowest BCUT2D eigenvalue weighted by atomic mass is 9.99. The molecule has 0 aromatic heterocycles. The molecule has 1 aliphatic rings. The molecule has 4 heteroatoms. The molecule has 0 saturated heterocycles. The number of hydrogen-bond donors (Lipinski definition) is 2. The molecule has 0 spiro atoms. The number of ether oxygens (including phenoxy) is 1. The van der Waals surface area contributed by atoms with Crippen molar-refractivity contribution in [2.45, 2.75) is 31.7 Å². The Labute approximate surface area is 101 Å². The van der Waals surface area contributed by atoms with E-state index in [-0.39, 0.29) is 11.9 Å². The number of nitrogens with two attached hydrogens (primary N) is 1. The Morgan fingerprint density at radius 1 is 1.53 bits per heavy atom. The quantitative estimate of drug-likeness (QED) is 0.591. The van der Waals surface area contributed by atoms with Gasteiger partial charge >= 0.3 is 0 Å².